The van der Waals surface area contributed by atoms with Crippen molar-refractivity contribution in [3.8, 4) is 0 Å². The van der Waals surface area contributed by atoms with Crippen molar-refractivity contribution in [3.05, 3.63) is 0 Å². The van der Waals surface area contributed by atoms with Gasteiger partial charge in [-0.05, 0) is 5.92 Å². The van der Waals surface area contributed by atoms with Crippen LogP contribution in [-0.4, -0.2) is 19.4 Å². The predicted octanol–water partition coefficient (Wildman–Crippen LogP) is 1.82. The first-order valence-electron chi connectivity index (χ1n) is 3.84. The first-order chi connectivity index (χ1) is 5.04. The number of hydrogen-bond donors (Lipinski definition) is 0. The Kier molecular flexibility index (Phi) is 2.07. The highest BCUT2D eigenvalue weighted by Crippen LogP contribution is 2.30. The average Bonchev–Trinajstić information content (AvgIpc) is 1.95. The maximum atomic E-state index is 10.5. The summed E-state index contributed by atoms with van der Waals surface area (Å²) in [5, 5.41) is 0. The van der Waals surface area contributed by atoms with Gasteiger partial charge in [0.05, 0.1) is 0 Å². The highest BCUT2D eigenvalue weighted by atomic mass is 16.7. The van der Waals surface area contributed by atoms with Crippen molar-refractivity contribution >= 4 is 6.16 Å². The molecule has 0 aromatic carbocycles. The SMILES string of the molecule is CC(C)C1(C)COC(=O)OC1. The van der Waals surface area contributed by atoms with Crippen molar-refractivity contribution in [2.24, 2.45) is 11.3 Å². The van der Waals surface area contributed by atoms with Gasteiger partial charge in [-0.15, -0.1) is 0 Å². The lowest BCUT2D eigenvalue weighted by molar-refractivity contribution is -0.0705. The van der Waals surface area contributed by atoms with Gasteiger partial charge in [0, 0.05) is 5.41 Å². The van der Waals surface area contributed by atoms with Crippen LogP contribution in [0.25, 0.3) is 0 Å². The van der Waals surface area contributed by atoms with Crippen LogP contribution in [0.1, 0.15) is 20.8 Å². The van der Waals surface area contributed by atoms with E-state index in [9.17, 15) is 4.79 Å². The van der Waals surface area contributed by atoms with Crippen LogP contribution in [-0.2, 0) is 9.47 Å². The summed E-state index contributed by atoms with van der Waals surface area (Å²) in [4.78, 5) is 10.5. The van der Waals surface area contributed by atoms with Crippen molar-refractivity contribution in [2.75, 3.05) is 13.2 Å². The second-order valence-corrected chi connectivity index (χ2v) is 3.64. The number of carbonyl (C=O) groups is 1. The van der Waals surface area contributed by atoms with Crippen LogP contribution in [0, 0.1) is 11.3 Å². The molecule has 0 atom stereocenters. The lowest BCUT2D eigenvalue weighted by atomic mass is 9.80. The standard InChI is InChI=1S/C8H14O3/c1-6(2)8(3)4-10-7(9)11-5-8/h6H,4-5H2,1-3H3. The molecule has 0 radical (unpaired) electrons. The number of carbonyl (C=O) groups excluding carboxylic acids is 1. The van der Waals surface area contributed by atoms with Crippen LogP contribution in [0.3, 0.4) is 0 Å². The minimum absolute atomic E-state index is 0.00604. The van der Waals surface area contributed by atoms with Gasteiger partial charge in [0.1, 0.15) is 13.2 Å². The molecule has 0 aromatic rings. The molecule has 0 aromatic heterocycles. The van der Waals surface area contributed by atoms with E-state index in [0.717, 1.165) is 0 Å². The summed E-state index contributed by atoms with van der Waals surface area (Å²) in [7, 11) is 0. The number of hydrogen-bond acceptors (Lipinski definition) is 3. The smallest absolute Gasteiger partial charge is 0.434 e. The second kappa shape index (κ2) is 2.72. The van der Waals surface area contributed by atoms with Crippen LogP contribution in [0.4, 0.5) is 4.79 Å². The van der Waals surface area contributed by atoms with E-state index >= 15 is 0 Å². The molecule has 1 heterocycles. The van der Waals surface area contributed by atoms with Crippen molar-refractivity contribution < 1.29 is 14.3 Å². The van der Waals surface area contributed by atoms with E-state index in [1.165, 1.54) is 0 Å². The molecule has 0 N–H and O–H groups in total. The van der Waals surface area contributed by atoms with Gasteiger partial charge in [0.25, 0.3) is 0 Å². The normalized spacial score (nSPS) is 22.7. The fraction of sp³-hybridized carbons (Fsp3) is 0.875. The number of rotatable bonds is 1. The molecule has 1 saturated heterocycles. The van der Waals surface area contributed by atoms with Crippen LogP contribution in [0.2, 0.25) is 0 Å². The van der Waals surface area contributed by atoms with Crippen LogP contribution < -0.4 is 0 Å². The highest BCUT2D eigenvalue weighted by Gasteiger charge is 2.35. The zero-order valence-corrected chi connectivity index (χ0v) is 7.22. The number of ether oxygens (including phenoxy) is 2. The third-order valence-electron chi connectivity index (χ3n) is 2.43. The summed E-state index contributed by atoms with van der Waals surface area (Å²) in [5.41, 5.74) is -0.00604. The molecule has 0 aliphatic carbocycles. The molecule has 0 unspecified atom stereocenters. The highest BCUT2D eigenvalue weighted by molar-refractivity contribution is 5.60. The molecule has 0 spiro atoms. The molecule has 0 saturated carbocycles. The average molecular weight is 158 g/mol. The summed E-state index contributed by atoms with van der Waals surface area (Å²) < 4.78 is 9.59. The third kappa shape index (κ3) is 1.64. The summed E-state index contributed by atoms with van der Waals surface area (Å²) in [6.45, 7) is 7.21. The van der Waals surface area contributed by atoms with E-state index < -0.39 is 6.16 Å². The zero-order chi connectivity index (χ0) is 8.48. The maximum Gasteiger partial charge on any atom is 0.508 e. The van der Waals surface area contributed by atoms with Crippen molar-refractivity contribution in [1.29, 1.82) is 0 Å². The van der Waals surface area contributed by atoms with E-state index in [1.54, 1.807) is 0 Å². The van der Waals surface area contributed by atoms with Gasteiger partial charge >= 0.3 is 6.16 Å². The lowest BCUT2D eigenvalue weighted by Gasteiger charge is -2.35. The first kappa shape index (κ1) is 8.37. The molecular weight excluding hydrogens is 144 g/mol. The lowest BCUT2D eigenvalue weighted by Crippen LogP contribution is -2.40. The van der Waals surface area contributed by atoms with E-state index in [0.29, 0.717) is 19.1 Å². The molecule has 1 rings (SSSR count). The summed E-state index contributed by atoms with van der Waals surface area (Å²) in [6.07, 6.45) is -0.539. The van der Waals surface area contributed by atoms with Gasteiger partial charge in [-0.2, -0.15) is 0 Å². The molecule has 3 heteroatoms. The van der Waals surface area contributed by atoms with Gasteiger partial charge < -0.3 is 9.47 Å². The van der Waals surface area contributed by atoms with E-state index in [4.69, 9.17) is 9.47 Å². The molecule has 0 bridgehead atoms. The van der Waals surface area contributed by atoms with Gasteiger partial charge in [0.2, 0.25) is 0 Å². The predicted molar refractivity (Wildman–Crippen MR) is 40.2 cm³/mol. The van der Waals surface area contributed by atoms with E-state index in [-0.39, 0.29) is 5.41 Å². The monoisotopic (exact) mass is 158 g/mol. The minimum atomic E-state index is -0.539. The van der Waals surface area contributed by atoms with Gasteiger partial charge in [-0.3, -0.25) is 0 Å². The second-order valence-electron chi connectivity index (χ2n) is 3.64. The van der Waals surface area contributed by atoms with Crippen molar-refractivity contribution in [3.63, 3.8) is 0 Å². The Morgan fingerprint density at radius 2 is 1.82 bits per heavy atom. The van der Waals surface area contributed by atoms with Crippen molar-refractivity contribution in [2.45, 2.75) is 20.8 Å². The van der Waals surface area contributed by atoms with Gasteiger partial charge in [-0.1, -0.05) is 20.8 Å². The Morgan fingerprint density at radius 1 is 1.36 bits per heavy atom. The maximum absolute atomic E-state index is 10.5. The zero-order valence-electron chi connectivity index (χ0n) is 7.22. The first-order valence-corrected chi connectivity index (χ1v) is 3.84. The molecular formula is C8H14O3. The molecule has 11 heavy (non-hydrogen) atoms. The minimum Gasteiger partial charge on any atom is -0.434 e. The molecule has 64 valence electrons. The molecule has 0 amide bonds. The topological polar surface area (TPSA) is 35.5 Å². The number of cyclic esters (lactones) is 2. The molecule has 1 aliphatic heterocycles. The molecule has 3 nitrogen and oxygen atoms in total. The molecule has 1 fully saturated rings. The summed E-state index contributed by atoms with van der Waals surface area (Å²) >= 11 is 0. The van der Waals surface area contributed by atoms with Crippen LogP contribution in [0.5, 0.6) is 0 Å². The van der Waals surface area contributed by atoms with E-state index in [2.05, 4.69) is 20.8 Å². The Morgan fingerprint density at radius 3 is 2.18 bits per heavy atom. The Labute approximate surface area is 66.7 Å². The van der Waals surface area contributed by atoms with E-state index in [1.807, 2.05) is 0 Å². The van der Waals surface area contributed by atoms with Gasteiger partial charge in [-0.25, -0.2) is 4.79 Å². The van der Waals surface area contributed by atoms with Crippen molar-refractivity contribution in [1.82, 2.24) is 0 Å². The largest absolute Gasteiger partial charge is 0.508 e. The Hall–Kier alpha value is -0.730. The Bertz CT molecular complexity index is 153. The molecule has 1 aliphatic rings. The summed E-state index contributed by atoms with van der Waals surface area (Å²) in [5.74, 6) is 0.468. The fourth-order valence-corrected chi connectivity index (χ4v) is 0.864. The Balaban J connectivity index is 2.55. The summed E-state index contributed by atoms with van der Waals surface area (Å²) in [6, 6.07) is 0. The fourth-order valence-electron chi connectivity index (χ4n) is 0.864. The third-order valence-corrected chi connectivity index (χ3v) is 2.43. The quantitative estimate of drug-likeness (QED) is 0.546. The van der Waals surface area contributed by atoms with Crippen LogP contribution >= 0.6 is 0 Å². The van der Waals surface area contributed by atoms with Gasteiger partial charge in [0.15, 0.2) is 0 Å². The van der Waals surface area contributed by atoms with Crippen LogP contribution in [0.15, 0.2) is 0 Å².